The first-order valence-corrected chi connectivity index (χ1v) is 13.7. The summed E-state index contributed by atoms with van der Waals surface area (Å²) in [5.74, 6) is -3.38. The number of hydrogen-bond acceptors (Lipinski definition) is 10. The lowest BCUT2D eigenvalue weighted by Crippen LogP contribution is -2.36. The third-order valence-electron chi connectivity index (χ3n) is 8.52. The van der Waals surface area contributed by atoms with Gasteiger partial charge in [0.15, 0.2) is 23.1 Å². The third-order valence-corrected chi connectivity index (χ3v) is 8.52. The first-order valence-electron chi connectivity index (χ1n) is 13.7. The van der Waals surface area contributed by atoms with Crippen molar-refractivity contribution in [3.8, 4) is 34.1 Å². The molecular weight excluding hydrogens is 544 g/mol. The van der Waals surface area contributed by atoms with Gasteiger partial charge < -0.3 is 29.2 Å². The Kier molecular flexibility index (Phi) is 6.40. The van der Waals surface area contributed by atoms with Gasteiger partial charge in [0.2, 0.25) is 0 Å². The van der Waals surface area contributed by atoms with E-state index in [4.69, 9.17) is 18.9 Å². The standard InChI is InChI=1S/C32H30O10/c1-11-7-15-21(13(3)41-11)29(35)23-17(27(15)33)9-19(39-5)25(31(23)37)26-20(40-6)10-18-24(32(26)38)30(36)22-14(4)42-12(2)8-16(22)28(18)34/h9-14,37-38H,7-8H2,1-6H3. The van der Waals surface area contributed by atoms with Crippen LogP contribution in [0, 0.1) is 0 Å². The first kappa shape index (κ1) is 27.9. The van der Waals surface area contributed by atoms with Crippen molar-refractivity contribution in [3.05, 3.63) is 56.7 Å². The first-order chi connectivity index (χ1) is 19.9. The van der Waals surface area contributed by atoms with Gasteiger partial charge >= 0.3 is 0 Å². The highest BCUT2D eigenvalue weighted by atomic mass is 16.5. The van der Waals surface area contributed by atoms with Crippen LogP contribution in [0.25, 0.3) is 11.1 Å². The van der Waals surface area contributed by atoms with Gasteiger partial charge in [-0.25, -0.2) is 0 Å². The van der Waals surface area contributed by atoms with Crippen LogP contribution in [-0.2, 0) is 9.47 Å². The van der Waals surface area contributed by atoms with Crippen molar-refractivity contribution in [1.82, 2.24) is 0 Å². The van der Waals surface area contributed by atoms with Crippen LogP contribution in [0.15, 0.2) is 34.4 Å². The van der Waals surface area contributed by atoms with Crippen molar-refractivity contribution < 1.29 is 48.3 Å². The summed E-state index contributed by atoms with van der Waals surface area (Å²) in [6.45, 7) is 6.96. The highest BCUT2D eigenvalue weighted by Crippen LogP contribution is 2.54. The van der Waals surface area contributed by atoms with E-state index in [1.54, 1.807) is 13.8 Å². The van der Waals surface area contributed by atoms with Crippen LogP contribution in [0.3, 0.4) is 0 Å². The van der Waals surface area contributed by atoms with E-state index < -0.39 is 46.8 Å². The number of rotatable bonds is 3. The average molecular weight is 575 g/mol. The second-order valence-electron chi connectivity index (χ2n) is 11.1. The summed E-state index contributed by atoms with van der Waals surface area (Å²) in [5, 5.41) is 23.4. The molecule has 218 valence electrons. The lowest BCUT2D eigenvalue weighted by molar-refractivity contribution is 0.0145. The Bertz CT molecular complexity index is 1580. The molecule has 0 radical (unpaired) electrons. The smallest absolute Gasteiger partial charge is 0.196 e. The van der Waals surface area contributed by atoms with E-state index in [0.717, 1.165) is 0 Å². The summed E-state index contributed by atoms with van der Waals surface area (Å²) in [6.07, 6.45) is -1.44. The largest absolute Gasteiger partial charge is 0.506 e. The summed E-state index contributed by atoms with van der Waals surface area (Å²) in [7, 11) is 2.61. The van der Waals surface area contributed by atoms with Crippen molar-refractivity contribution in [2.24, 2.45) is 0 Å². The molecule has 0 bridgehead atoms. The fraction of sp³-hybridized carbons (Fsp3) is 0.375. The second-order valence-corrected chi connectivity index (χ2v) is 11.1. The predicted octanol–water partition coefficient (Wildman–Crippen LogP) is 4.53. The fourth-order valence-corrected chi connectivity index (χ4v) is 6.79. The molecule has 4 atom stereocenters. The minimum absolute atomic E-state index is 0.0436. The van der Waals surface area contributed by atoms with Crippen LogP contribution in [0.4, 0.5) is 0 Å². The Morgan fingerprint density at radius 3 is 1.31 bits per heavy atom. The molecule has 2 aromatic carbocycles. The fourth-order valence-electron chi connectivity index (χ4n) is 6.79. The van der Waals surface area contributed by atoms with Crippen LogP contribution in [0.5, 0.6) is 23.0 Å². The van der Waals surface area contributed by atoms with E-state index in [-0.39, 0.29) is 81.1 Å². The van der Waals surface area contributed by atoms with Crippen molar-refractivity contribution in [2.75, 3.05) is 14.2 Å². The Morgan fingerprint density at radius 2 is 0.976 bits per heavy atom. The van der Waals surface area contributed by atoms with Gasteiger partial charge in [0.1, 0.15) is 23.0 Å². The van der Waals surface area contributed by atoms with Crippen LogP contribution in [0.1, 0.15) is 82.0 Å². The molecule has 2 heterocycles. The normalized spacial score (nSPS) is 25.2. The maximum atomic E-state index is 13.8. The van der Waals surface area contributed by atoms with Gasteiger partial charge in [-0.1, -0.05) is 0 Å². The second kappa shape index (κ2) is 9.64. The number of methoxy groups -OCH3 is 2. The van der Waals surface area contributed by atoms with Crippen LogP contribution in [0.2, 0.25) is 0 Å². The molecule has 2 aliphatic heterocycles. The Hall–Kier alpha value is -4.28. The zero-order valence-corrected chi connectivity index (χ0v) is 24.0. The number of aromatic hydroxyl groups is 2. The lowest BCUT2D eigenvalue weighted by atomic mass is 9.75. The Labute approximate surface area is 241 Å². The molecule has 10 heteroatoms. The molecule has 2 aromatic rings. The summed E-state index contributed by atoms with van der Waals surface area (Å²) < 4.78 is 22.7. The molecule has 2 aliphatic carbocycles. The number of fused-ring (bicyclic) bond motifs is 2. The number of ketones is 4. The number of phenolic OH excluding ortho intramolecular Hbond substituents is 2. The molecule has 4 aliphatic rings. The van der Waals surface area contributed by atoms with E-state index >= 15 is 0 Å². The van der Waals surface area contributed by atoms with Crippen LogP contribution < -0.4 is 9.47 Å². The topological polar surface area (TPSA) is 146 Å². The van der Waals surface area contributed by atoms with Crippen LogP contribution in [-0.4, -0.2) is 72.0 Å². The van der Waals surface area contributed by atoms with Gasteiger partial charge in [0.25, 0.3) is 0 Å². The summed E-state index contributed by atoms with van der Waals surface area (Å²) in [6, 6.07) is 2.67. The predicted molar refractivity (Wildman–Crippen MR) is 149 cm³/mol. The van der Waals surface area contributed by atoms with Gasteiger partial charge in [-0.2, -0.15) is 0 Å². The van der Waals surface area contributed by atoms with E-state index in [1.807, 2.05) is 13.8 Å². The molecule has 6 rings (SSSR count). The number of Topliss-reactive ketones (excluding diaryl/α,β-unsaturated/α-hetero) is 4. The molecule has 42 heavy (non-hydrogen) atoms. The molecule has 0 saturated carbocycles. The zero-order valence-electron chi connectivity index (χ0n) is 24.0. The molecule has 0 aromatic heterocycles. The van der Waals surface area contributed by atoms with Gasteiger partial charge in [0.05, 0.1) is 60.9 Å². The number of carbonyl (C=O) groups is 4. The van der Waals surface area contributed by atoms with E-state index in [2.05, 4.69) is 0 Å². The van der Waals surface area contributed by atoms with Crippen molar-refractivity contribution >= 4 is 23.1 Å². The lowest BCUT2D eigenvalue weighted by Gasteiger charge is -2.34. The third kappa shape index (κ3) is 3.71. The minimum Gasteiger partial charge on any atom is -0.506 e. The van der Waals surface area contributed by atoms with Crippen molar-refractivity contribution in [2.45, 2.75) is 65.0 Å². The van der Waals surface area contributed by atoms with E-state index in [0.29, 0.717) is 11.1 Å². The summed E-state index contributed by atoms with van der Waals surface area (Å²) in [4.78, 5) is 54.8. The molecule has 0 amide bonds. The van der Waals surface area contributed by atoms with Crippen LogP contribution >= 0.6 is 0 Å². The number of benzene rings is 2. The molecule has 10 nitrogen and oxygen atoms in total. The van der Waals surface area contributed by atoms with Crippen molar-refractivity contribution in [1.29, 1.82) is 0 Å². The number of phenols is 2. The van der Waals surface area contributed by atoms with Gasteiger partial charge in [0, 0.05) is 46.3 Å². The minimum atomic E-state index is -0.682. The molecule has 4 unspecified atom stereocenters. The molecule has 0 spiro atoms. The number of carbonyl (C=O) groups excluding carboxylic acids is 4. The van der Waals surface area contributed by atoms with E-state index in [9.17, 15) is 29.4 Å². The monoisotopic (exact) mass is 574 g/mol. The van der Waals surface area contributed by atoms with Gasteiger partial charge in [-0.3, -0.25) is 19.2 Å². The van der Waals surface area contributed by atoms with Crippen molar-refractivity contribution in [3.63, 3.8) is 0 Å². The zero-order chi connectivity index (χ0) is 30.4. The quantitative estimate of drug-likeness (QED) is 0.536. The maximum Gasteiger partial charge on any atom is 0.196 e. The van der Waals surface area contributed by atoms with E-state index in [1.165, 1.54) is 26.4 Å². The highest BCUT2D eigenvalue weighted by molar-refractivity contribution is 6.31. The molecule has 0 saturated heterocycles. The maximum absolute atomic E-state index is 13.8. The summed E-state index contributed by atoms with van der Waals surface area (Å²) >= 11 is 0. The van der Waals surface area contributed by atoms with Gasteiger partial charge in [-0.15, -0.1) is 0 Å². The molecular formula is C32H30O10. The summed E-state index contributed by atoms with van der Waals surface area (Å²) in [5.41, 5.74) is 0.0244. The Balaban J connectivity index is 1.61. The number of hydrogen-bond donors (Lipinski definition) is 2. The Morgan fingerprint density at radius 1 is 0.619 bits per heavy atom. The molecule has 0 fully saturated rings. The van der Waals surface area contributed by atoms with Gasteiger partial charge in [-0.05, 0) is 39.8 Å². The average Bonchev–Trinajstić information content (AvgIpc) is 2.93. The SMILES string of the molecule is COc1cc2c(c(O)c1-c1c(OC)cc3c(c1O)C(=O)C1=C(CC(C)OC1C)C3=O)C(=O)C1=C(CC(C)OC1C)C2=O. The molecule has 2 N–H and O–H groups in total. The number of ether oxygens (including phenoxy) is 4. The highest BCUT2D eigenvalue weighted by Gasteiger charge is 2.45.